The number of hydrogen-bond acceptors (Lipinski definition) is 5. The van der Waals surface area contributed by atoms with Crippen molar-refractivity contribution in [3.05, 3.63) is 101 Å². The summed E-state index contributed by atoms with van der Waals surface area (Å²) in [5.41, 5.74) is 3.81. The lowest BCUT2D eigenvalue weighted by molar-refractivity contribution is -0.00453. The van der Waals surface area contributed by atoms with Crippen molar-refractivity contribution in [1.82, 2.24) is 14.8 Å². The van der Waals surface area contributed by atoms with Gasteiger partial charge in [-0.3, -0.25) is 14.7 Å². The molecule has 3 aromatic rings. The van der Waals surface area contributed by atoms with E-state index in [2.05, 4.69) is 4.98 Å². The highest BCUT2D eigenvalue weighted by Gasteiger charge is 2.42. The summed E-state index contributed by atoms with van der Waals surface area (Å²) < 4.78 is 5.76. The maximum atomic E-state index is 13.3. The molecule has 206 valence electrons. The third kappa shape index (κ3) is 7.24. The molecule has 1 aliphatic heterocycles. The van der Waals surface area contributed by atoms with E-state index < -0.39 is 17.8 Å². The summed E-state index contributed by atoms with van der Waals surface area (Å²) in [4.78, 5) is 34.0. The van der Waals surface area contributed by atoms with Crippen molar-refractivity contribution in [2.75, 3.05) is 7.05 Å². The minimum absolute atomic E-state index is 0.0645. The smallest absolute Gasteiger partial charge is 0.410 e. The molecule has 2 amide bonds. The van der Waals surface area contributed by atoms with Crippen LogP contribution in [-0.2, 0) is 17.7 Å². The molecule has 7 nitrogen and oxygen atoms in total. The zero-order valence-corrected chi connectivity index (χ0v) is 23.5. The van der Waals surface area contributed by atoms with Crippen LogP contribution in [-0.4, -0.2) is 56.6 Å². The minimum Gasteiger partial charge on any atom is -0.444 e. The van der Waals surface area contributed by atoms with E-state index in [0.29, 0.717) is 24.9 Å². The standard InChI is InChI=1S/C32H39N3O4/c1-22-17-24(20-33-19-22)21-34(5)30(37)26-13-11-23(12-14-26)18-27-15-16-28(29(36)25-9-7-6-8-10-25)35(27)31(38)39-32(2,3)4/h6-14,17,19-20,27-29,36H,15-16,18,21H2,1-5H3. The van der Waals surface area contributed by atoms with E-state index in [0.717, 1.165) is 28.7 Å². The molecule has 3 atom stereocenters. The van der Waals surface area contributed by atoms with Crippen LogP contribution in [0.1, 0.15) is 72.3 Å². The predicted octanol–water partition coefficient (Wildman–Crippen LogP) is 5.71. The molecule has 1 fully saturated rings. The fourth-order valence-corrected chi connectivity index (χ4v) is 5.22. The number of likely N-dealkylation sites (tertiary alicyclic amines) is 1. The number of pyridine rings is 1. The first-order valence-corrected chi connectivity index (χ1v) is 13.5. The lowest BCUT2D eigenvalue weighted by Crippen LogP contribution is -2.47. The Morgan fingerprint density at radius 1 is 1.05 bits per heavy atom. The molecule has 3 unspecified atom stereocenters. The van der Waals surface area contributed by atoms with Gasteiger partial charge >= 0.3 is 6.09 Å². The molecule has 4 rings (SSSR count). The molecular formula is C32H39N3O4. The summed E-state index contributed by atoms with van der Waals surface area (Å²) in [6.45, 7) is 8.01. The molecule has 1 aliphatic rings. The second-order valence-corrected chi connectivity index (χ2v) is 11.5. The molecule has 0 spiro atoms. The molecule has 1 N–H and O–H groups in total. The second-order valence-electron chi connectivity index (χ2n) is 11.5. The molecule has 2 heterocycles. The molecule has 0 radical (unpaired) electrons. The number of aromatic nitrogens is 1. The molecule has 7 heteroatoms. The van der Waals surface area contributed by atoms with Gasteiger partial charge in [0.05, 0.1) is 12.1 Å². The largest absolute Gasteiger partial charge is 0.444 e. The topological polar surface area (TPSA) is 83.0 Å². The predicted molar refractivity (Wildman–Crippen MR) is 151 cm³/mol. The molecule has 2 aromatic carbocycles. The van der Waals surface area contributed by atoms with Gasteiger partial charge in [0.25, 0.3) is 5.91 Å². The zero-order valence-electron chi connectivity index (χ0n) is 23.5. The monoisotopic (exact) mass is 529 g/mol. The summed E-state index contributed by atoms with van der Waals surface area (Å²) >= 11 is 0. The first-order chi connectivity index (χ1) is 18.5. The average molecular weight is 530 g/mol. The maximum absolute atomic E-state index is 13.3. The van der Waals surface area contributed by atoms with E-state index in [1.165, 1.54) is 0 Å². The summed E-state index contributed by atoms with van der Waals surface area (Å²) in [7, 11) is 1.79. The van der Waals surface area contributed by atoms with Gasteiger partial charge in [0.1, 0.15) is 5.60 Å². The first kappa shape index (κ1) is 28.3. The lowest BCUT2D eigenvalue weighted by Gasteiger charge is -2.35. The summed E-state index contributed by atoms with van der Waals surface area (Å²) in [6.07, 6.45) is 4.39. The van der Waals surface area contributed by atoms with Crippen LogP contribution in [0.2, 0.25) is 0 Å². The second kappa shape index (κ2) is 12.0. The number of hydrogen-bond donors (Lipinski definition) is 1. The van der Waals surface area contributed by atoms with E-state index in [9.17, 15) is 14.7 Å². The van der Waals surface area contributed by atoms with Crippen molar-refractivity contribution in [3.63, 3.8) is 0 Å². The molecule has 1 aromatic heterocycles. The quantitative estimate of drug-likeness (QED) is 0.424. The van der Waals surface area contributed by atoms with Crippen molar-refractivity contribution < 1.29 is 19.4 Å². The number of nitrogens with zero attached hydrogens (tertiary/aromatic N) is 3. The van der Waals surface area contributed by atoms with E-state index in [-0.39, 0.29) is 18.0 Å². The van der Waals surface area contributed by atoms with Gasteiger partial charge in [-0.2, -0.15) is 0 Å². The van der Waals surface area contributed by atoms with Crippen molar-refractivity contribution >= 4 is 12.0 Å². The normalized spacial score (nSPS) is 18.1. The fourth-order valence-electron chi connectivity index (χ4n) is 5.22. The van der Waals surface area contributed by atoms with Crippen LogP contribution in [0.25, 0.3) is 0 Å². The number of aliphatic hydroxyl groups excluding tert-OH is 1. The average Bonchev–Trinajstić information content (AvgIpc) is 3.31. The Kier molecular flexibility index (Phi) is 8.70. The molecule has 0 saturated carbocycles. The van der Waals surface area contributed by atoms with Gasteiger partial charge in [-0.05, 0) is 81.3 Å². The Balaban J connectivity index is 1.47. The number of carbonyl (C=O) groups excluding carboxylic acids is 2. The first-order valence-electron chi connectivity index (χ1n) is 13.5. The number of benzene rings is 2. The van der Waals surface area contributed by atoms with E-state index in [1.54, 1.807) is 29.2 Å². The van der Waals surface area contributed by atoms with Crippen molar-refractivity contribution in [2.45, 2.75) is 77.3 Å². The Morgan fingerprint density at radius 2 is 1.74 bits per heavy atom. The van der Waals surface area contributed by atoms with E-state index in [4.69, 9.17) is 4.74 Å². The summed E-state index contributed by atoms with van der Waals surface area (Å²) in [6, 6.07) is 18.6. The Hall–Kier alpha value is -3.71. The van der Waals surface area contributed by atoms with Gasteiger partial charge in [0, 0.05) is 37.6 Å². The number of aryl methyl sites for hydroxylation is 1. The van der Waals surface area contributed by atoms with Gasteiger partial charge in [0.2, 0.25) is 0 Å². The molecule has 0 bridgehead atoms. The van der Waals surface area contributed by atoms with Crippen LogP contribution >= 0.6 is 0 Å². The van der Waals surface area contributed by atoms with Crippen LogP contribution in [0.4, 0.5) is 4.79 Å². The van der Waals surface area contributed by atoms with Crippen molar-refractivity contribution in [2.24, 2.45) is 0 Å². The number of ether oxygens (including phenoxy) is 1. The van der Waals surface area contributed by atoms with Crippen LogP contribution in [0.15, 0.2) is 73.1 Å². The minimum atomic E-state index is -0.803. The SMILES string of the molecule is Cc1cncc(CN(C)C(=O)c2ccc(CC3CCC(C(O)c4ccccc4)N3C(=O)OC(C)(C)C)cc2)c1. The number of carbonyl (C=O) groups is 2. The molecule has 1 saturated heterocycles. The molecule has 39 heavy (non-hydrogen) atoms. The molecular weight excluding hydrogens is 490 g/mol. The number of rotatable bonds is 7. The molecule has 0 aliphatic carbocycles. The Labute approximate surface area is 231 Å². The number of amides is 2. The highest BCUT2D eigenvalue weighted by atomic mass is 16.6. The van der Waals surface area contributed by atoms with Crippen LogP contribution < -0.4 is 0 Å². The van der Waals surface area contributed by atoms with Crippen LogP contribution in [0.5, 0.6) is 0 Å². The van der Waals surface area contributed by atoms with E-state index >= 15 is 0 Å². The van der Waals surface area contributed by atoms with Crippen molar-refractivity contribution in [3.8, 4) is 0 Å². The number of aliphatic hydroxyl groups is 1. The highest BCUT2D eigenvalue weighted by molar-refractivity contribution is 5.94. The summed E-state index contributed by atoms with van der Waals surface area (Å²) in [5, 5.41) is 11.2. The fraction of sp³-hybridized carbons (Fsp3) is 0.406. The Bertz CT molecular complexity index is 1270. The van der Waals surface area contributed by atoms with Crippen LogP contribution in [0.3, 0.4) is 0 Å². The maximum Gasteiger partial charge on any atom is 0.410 e. The third-order valence-electron chi connectivity index (χ3n) is 7.03. The van der Waals surface area contributed by atoms with Crippen LogP contribution in [0, 0.1) is 6.92 Å². The summed E-state index contributed by atoms with van der Waals surface area (Å²) in [5.74, 6) is -0.0645. The highest BCUT2D eigenvalue weighted by Crippen LogP contribution is 2.36. The third-order valence-corrected chi connectivity index (χ3v) is 7.03. The van der Waals surface area contributed by atoms with Gasteiger partial charge in [0.15, 0.2) is 0 Å². The van der Waals surface area contributed by atoms with E-state index in [1.807, 2.05) is 88.4 Å². The lowest BCUT2D eigenvalue weighted by atomic mass is 10.0. The van der Waals surface area contributed by atoms with Gasteiger partial charge in [-0.25, -0.2) is 4.79 Å². The van der Waals surface area contributed by atoms with Gasteiger partial charge in [-0.1, -0.05) is 48.5 Å². The zero-order chi connectivity index (χ0) is 28.2. The van der Waals surface area contributed by atoms with Gasteiger partial charge < -0.3 is 14.7 Å². The van der Waals surface area contributed by atoms with Crippen molar-refractivity contribution in [1.29, 1.82) is 0 Å². The van der Waals surface area contributed by atoms with Gasteiger partial charge in [-0.15, -0.1) is 0 Å². The Morgan fingerprint density at radius 3 is 2.38 bits per heavy atom.